The van der Waals surface area contributed by atoms with E-state index in [9.17, 15) is 9.59 Å². The zero-order chi connectivity index (χ0) is 16.5. The molecule has 0 aliphatic rings. The molecule has 0 amide bonds. The van der Waals surface area contributed by atoms with E-state index in [1.165, 1.54) is 4.52 Å². The highest BCUT2D eigenvalue weighted by atomic mass is 16.6. The molecule has 0 spiro atoms. The van der Waals surface area contributed by atoms with Gasteiger partial charge in [0.1, 0.15) is 5.60 Å². The molecular weight excluding hydrogens is 288 g/mol. The Hall–Kier alpha value is -2.51. The van der Waals surface area contributed by atoms with Crippen LogP contribution in [0.15, 0.2) is 6.07 Å². The molecule has 118 valence electrons. The second-order valence-electron chi connectivity index (χ2n) is 5.85. The first-order valence-electron chi connectivity index (χ1n) is 6.76. The molecule has 2 heterocycles. The Balaban J connectivity index is 2.07. The number of esters is 2. The zero-order valence-corrected chi connectivity index (χ0v) is 13.2. The Kier molecular flexibility index (Phi) is 4.11. The van der Waals surface area contributed by atoms with Gasteiger partial charge in [-0.3, -0.25) is 0 Å². The molecule has 0 aliphatic heterocycles. The molecule has 0 radical (unpaired) electrons. The first kappa shape index (κ1) is 15.9. The highest BCUT2D eigenvalue weighted by Gasteiger charge is 2.20. The maximum Gasteiger partial charge on any atom is 0.378 e. The maximum absolute atomic E-state index is 11.9. The van der Waals surface area contributed by atoms with Gasteiger partial charge in [0.2, 0.25) is 0 Å². The topological polar surface area (TPSA) is 95.7 Å². The van der Waals surface area contributed by atoms with Crippen LogP contribution in [0.4, 0.5) is 0 Å². The molecule has 0 unspecified atom stereocenters. The number of carbonyl (C=O) groups excluding carboxylic acids is 2. The van der Waals surface area contributed by atoms with Crippen molar-refractivity contribution < 1.29 is 19.1 Å². The van der Waals surface area contributed by atoms with E-state index in [0.717, 1.165) is 11.4 Å². The van der Waals surface area contributed by atoms with E-state index in [0.29, 0.717) is 5.78 Å². The Morgan fingerprint density at radius 1 is 1.23 bits per heavy atom. The number of aryl methyl sites for hydroxylation is 2. The highest BCUT2D eigenvalue weighted by molar-refractivity contribution is 5.87. The molecule has 0 fully saturated rings. The van der Waals surface area contributed by atoms with Crippen molar-refractivity contribution in [2.24, 2.45) is 0 Å². The van der Waals surface area contributed by atoms with Gasteiger partial charge in [-0.2, -0.15) is 4.98 Å². The second-order valence-corrected chi connectivity index (χ2v) is 5.85. The minimum absolute atomic E-state index is 0.148. The zero-order valence-electron chi connectivity index (χ0n) is 13.2. The molecule has 22 heavy (non-hydrogen) atoms. The second kappa shape index (κ2) is 5.70. The van der Waals surface area contributed by atoms with E-state index in [1.807, 2.05) is 19.9 Å². The molecule has 8 nitrogen and oxygen atoms in total. The standard InChI is InChI=1S/C14H18N4O4/c1-8-6-9(2)18-13(15-8)16-11(17-18)12(20)21-7-10(19)22-14(3,4)5/h6H,7H2,1-5H3. The summed E-state index contributed by atoms with van der Waals surface area (Å²) in [5.74, 6) is -1.27. The average molecular weight is 306 g/mol. The molecule has 0 atom stereocenters. The lowest BCUT2D eigenvalue weighted by atomic mass is 10.2. The van der Waals surface area contributed by atoms with E-state index < -0.39 is 24.1 Å². The predicted octanol–water partition coefficient (Wildman–Crippen LogP) is 1.24. The monoisotopic (exact) mass is 306 g/mol. The molecular formula is C14H18N4O4. The number of aromatic nitrogens is 4. The largest absolute Gasteiger partial charge is 0.457 e. The fraction of sp³-hybridized carbons (Fsp3) is 0.500. The number of ether oxygens (including phenoxy) is 2. The lowest BCUT2D eigenvalue weighted by molar-refractivity contribution is -0.158. The summed E-state index contributed by atoms with van der Waals surface area (Å²) in [6, 6.07) is 1.82. The molecule has 0 N–H and O–H groups in total. The van der Waals surface area contributed by atoms with Crippen LogP contribution in [-0.4, -0.2) is 43.7 Å². The number of fused-ring (bicyclic) bond motifs is 1. The molecule has 0 saturated carbocycles. The summed E-state index contributed by atoms with van der Waals surface area (Å²) in [6.45, 7) is 8.35. The number of hydrogen-bond donors (Lipinski definition) is 0. The van der Waals surface area contributed by atoms with Gasteiger partial charge in [-0.1, -0.05) is 0 Å². The van der Waals surface area contributed by atoms with Crippen molar-refractivity contribution in [3.05, 3.63) is 23.3 Å². The van der Waals surface area contributed by atoms with Crippen molar-refractivity contribution in [1.82, 2.24) is 19.6 Å². The summed E-state index contributed by atoms with van der Waals surface area (Å²) in [4.78, 5) is 31.6. The SMILES string of the molecule is Cc1cc(C)n2nc(C(=O)OCC(=O)OC(C)(C)C)nc2n1. The van der Waals surface area contributed by atoms with Crippen molar-refractivity contribution in [3.63, 3.8) is 0 Å². The quantitative estimate of drug-likeness (QED) is 0.787. The molecule has 2 aromatic heterocycles. The number of rotatable bonds is 3. The Morgan fingerprint density at radius 3 is 2.55 bits per heavy atom. The van der Waals surface area contributed by atoms with Gasteiger partial charge in [0.15, 0.2) is 6.61 Å². The summed E-state index contributed by atoms with van der Waals surface area (Å²) < 4.78 is 11.3. The van der Waals surface area contributed by atoms with Crippen LogP contribution < -0.4 is 0 Å². The van der Waals surface area contributed by atoms with Crippen LogP contribution >= 0.6 is 0 Å². The van der Waals surface area contributed by atoms with Gasteiger partial charge in [-0.15, -0.1) is 5.10 Å². The minimum atomic E-state index is -0.798. The van der Waals surface area contributed by atoms with Crippen molar-refractivity contribution in [3.8, 4) is 0 Å². The van der Waals surface area contributed by atoms with Gasteiger partial charge in [0.05, 0.1) is 0 Å². The number of hydrogen-bond acceptors (Lipinski definition) is 7. The molecule has 0 aliphatic carbocycles. The van der Waals surface area contributed by atoms with E-state index in [1.54, 1.807) is 20.8 Å². The fourth-order valence-corrected chi connectivity index (χ4v) is 1.81. The van der Waals surface area contributed by atoms with Crippen LogP contribution in [0.1, 0.15) is 42.8 Å². The van der Waals surface area contributed by atoms with Crippen LogP contribution in [-0.2, 0) is 14.3 Å². The molecule has 0 aromatic carbocycles. The van der Waals surface area contributed by atoms with Crippen LogP contribution in [0.5, 0.6) is 0 Å². The van der Waals surface area contributed by atoms with Gasteiger partial charge in [-0.05, 0) is 40.7 Å². The van der Waals surface area contributed by atoms with Gasteiger partial charge in [-0.25, -0.2) is 19.1 Å². The van der Waals surface area contributed by atoms with Gasteiger partial charge in [0.25, 0.3) is 11.6 Å². The molecule has 0 bridgehead atoms. The maximum atomic E-state index is 11.9. The minimum Gasteiger partial charge on any atom is -0.457 e. The molecule has 2 aromatic rings. The van der Waals surface area contributed by atoms with Gasteiger partial charge < -0.3 is 9.47 Å². The Labute approximate surface area is 127 Å². The first-order valence-corrected chi connectivity index (χ1v) is 6.76. The van der Waals surface area contributed by atoms with Crippen molar-refractivity contribution in [2.75, 3.05) is 6.61 Å². The van der Waals surface area contributed by atoms with Gasteiger partial charge >= 0.3 is 11.9 Å². The Bertz CT molecular complexity index is 730. The smallest absolute Gasteiger partial charge is 0.378 e. The predicted molar refractivity (Wildman–Crippen MR) is 76.4 cm³/mol. The van der Waals surface area contributed by atoms with Crippen molar-refractivity contribution >= 4 is 17.7 Å². The summed E-state index contributed by atoms with van der Waals surface area (Å²) in [5, 5.41) is 4.02. The summed E-state index contributed by atoms with van der Waals surface area (Å²) in [5.41, 5.74) is 0.927. The highest BCUT2D eigenvalue weighted by Crippen LogP contribution is 2.08. The van der Waals surface area contributed by atoms with E-state index >= 15 is 0 Å². The molecule has 2 rings (SSSR count). The third kappa shape index (κ3) is 3.78. The summed E-state index contributed by atoms with van der Waals surface area (Å²) in [6.07, 6.45) is 0. The lowest BCUT2D eigenvalue weighted by Crippen LogP contribution is -2.27. The molecule has 8 heteroatoms. The van der Waals surface area contributed by atoms with E-state index in [4.69, 9.17) is 9.47 Å². The average Bonchev–Trinajstić information content (AvgIpc) is 2.78. The summed E-state index contributed by atoms with van der Waals surface area (Å²) in [7, 11) is 0. The van der Waals surface area contributed by atoms with Crippen molar-refractivity contribution in [1.29, 1.82) is 0 Å². The lowest BCUT2D eigenvalue weighted by Gasteiger charge is -2.19. The number of nitrogens with zero attached hydrogens (tertiary/aromatic N) is 4. The number of carbonyl (C=O) groups is 2. The van der Waals surface area contributed by atoms with Crippen LogP contribution in [0.2, 0.25) is 0 Å². The first-order chi connectivity index (χ1) is 10.2. The van der Waals surface area contributed by atoms with Crippen LogP contribution in [0.3, 0.4) is 0 Å². The van der Waals surface area contributed by atoms with Gasteiger partial charge in [0, 0.05) is 11.4 Å². The van der Waals surface area contributed by atoms with Crippen molar-refractivity contribution in [2.45, 2.75) is 40.2 Å². The fourth-order valence-electron chi connectivity index (χ4n) is 1.81. The molecule has 0 saturated heterocycles. The third-order valence-corrected chi connectivity index (χ3v) is 2.54. The third-order valence-electron chi connectivity index (χ3n) is 2.54. The normalized spacial score (nSPS) is 11.5. The van der Waals surface area contributed by atoms with Crippen LogP contribution in [0, 0.1) is 13.8 Å². The van der Waals surface area contributed by atoms with E-state index in [2.05, 4.69) is 15.1 Å². The van der Waals surface area contributed by atoms with E-state index in [-0.39, 0.29) is 5.82 Å². The summed E-state index contributed by atoms with van der Waals surface area (Å²) >= 11 is 0. The Morgan fingerprint density at radius 2 is 1.91 bits per heavy atom. The van der Waals surface area contributed by atoms with Crippen LogP contribution in [0.25, 0.3) is 5.78 Å².